The van der Waals surface area contributed by atoms with Gasteiger partial charge < -0.3 is 0 Å². The van der Waals surface area contributed by atoms with E-state index >= 15 is 0 Å². The molecule has 1 aromatic heterocycles. The van der Waals surface area contributed by atoms with E-state index in [0.717, 1.165) is 0 Å². The van der Waals surface area contributed by atoms with E-state index in [4.69, 9.17) is 0 Å². The molecule has 0 saturated heterocycles. The molecule has 0 saturated carbocycles. The van der Waals surface area contributed by atoms with Crippen LogP contribution < -0.4 is 0 Å². The first-order chi connectivity index (χ1) is 7.70. The van der Waals surface area contributed by atoms with E-state index < -0.39 is 0 Å². The van der Waals surface area contributed by atoms with Gasteiger partial charge in [0.2, 0.25) is 5.78 Å². The Morgan fingerprint density at radius 3 is 2.25 bits per heavy atom. The molecule has 2 nitrogen and oxygen atoms in total. The molecule has 0 spiro atoms. The Balaban J connectivity index is 2.49. The van der Waals surface area contributed by atoms with Gasteiger partial charge in [0, 0.05) is 11.1 Å². The first kappa shape index (κ1) is 10.8. The largest absolute Gasteiger partial charge is 0.294 e. The molecule has 3 heteroatoms. The van der Waals surface area contributed by atoms with Gasteiger partial charge >= 0.3 is 0 Å². The number of carbonyl (C=O) groups excluding carboxylic acids is 2. The van der Waals surface area contributed by atoms with Gasteiger partial charge in [0.05, 0.1) is 4.88 Å². The highest BCUT2D eigenvalue weighted by Gasteiger charge is 2.15. The van der Waals surface area contributed by atoms with E-state index in [1.54, 1.807) is 30.3 Å². The molecule has 2 aromatic rings. The maximum Gasteiger partial charge on any atom is 0.203 e. The zero-order chi connectivity index (χ0) is 11.5. The van der Waals surface area contributed by atoms with Crippen LogP contribution in [0.4, 0.5) is 0 Å². The van der Waals surface area contributed by atoms with E-state index in [1.807, 2.05) is 11.4 Å². The highest BCUT2D eigenvalue weighted by atomic mass is 32.1. The zero-order valence-corrected chi connectivity index (χ0v) is 9.58. The van der Waals surface area contributed by atoms with Crippen molar-refractivity contribution in [1.82, 2.24) is 0 Å². The smallest absolute Gasteiger partial charge is 0.203 e. The maximum atomic E-state index is 12.1. The fraction of sp³-hybridized carbons (Fsp3) is 0.0769. The summed E-state index contributed by atoms with van der Waals surface area (Å²) in [4.78, 5) is 24.1. The van der Waals surface area contributed by atoms with Crippen molar-refractivity contribution in [2.45, 2.75) is 6.92 Å². The number of hydrogen-bond donors (Lipinski definition) is 0. The summed E-state index contributed by atoms with van der Waals surface area (Å²) in [7, 11) is 0. The average molecular weight is 230 g/mol. The summed E-state index contributed by atoms with van der Waals surface area (Å²) in [6.45, 7) is 1.47. The summed E-state index contributed by atoms with van der Waals surface area (Å²) < 4.78 is 0. The minimum absolute atomic E-state index is 0.0826. The van der Waals surface area contributed by atoms with E-state index in [2.05, 4.69) is 0 Å². The lowest BCUT2D eigenvalue weighted by Gasteiger charge is -2.03. The van der Waals surface area contributed by atoms with Gasteiger partial charge in [-0.3, -0.25) is 9.59 Å². The molecule has 2 rings (SSSR count). The topological polar surface area (TPSA) is 34.1 Å². The summed E-state index contributed by atoms with van der Waals surface area (Å²) >= 11 is 1.39. The lowest BCUT2D eigenvalue weighted by Crippen LogP contribution is -2.06. The number of carbonyl (C=O) groups is 2. The molecule has 1 aromatic carbocycles. The van der Waals surface area contributed by atoms with Gasteiger partial charge in [0.25, 0.3) is 0 Å². The van der Waals surface area contributed by atoms with Crippen LogP contribution in [0.3, 0.4) is 0 Å². The minimum atomic E-state index is -0.0829. The highest BCUT2D eigenvalue weighted by Crippen LogP contribution is 2.18. The van der Waals surface area contributed by atoms with Crippen molar-refractivity contribution in [3.8, 4) is 0 Å². The van der Waals surface area contributed by atoms with E-state index in [9.17, 15) is 9.59 Å². The quantitative estimate of drug-likeness (QED) is 0.759. The van der Waals surface area contributed by atoms with Crippen molar-refractivity contribution in [2.75, 3.05) is 0 Å². The Hall–Kier alpha value is -1.74. The van der Waals surface area contributed by atoms with Crippen molar-refractivity contribution in [3.63, 3.8) is 0 Å². The van der Waals surface area contributed by atoms with Crippen molar-refractivity contribution >= 4 is 22.9 Å². The number of Topliss-reactive ketones (excluding diaryl/α,β-unsaturated/α-hetero) is 1. The Bertz CT molecular complexity index is 527. The SMILES string of the molecule is CC(=O)c1ccccc1C(=O)c1cccs1. The summed E-state index contributed by atoms with van der Waals surface area (Å²) in [5.74, 6) is -0.165. The number of hydrogen-bond acceptors (Lipinski definition) is 3. The van der Waals surface area contributed by atoms with Crippen LogP contribution in [-0.4, -0.2) is 11.6 Å². The van der Waals surface area contributed by atoms with Gasteiger partial charge in [-0.25, -0.2) is 0 Å². The molecular formula is C13H10O2S. The summed E-state index contributed by atoms with van der Waals surface area (Å²) in [5, 5.41) is 1.85. The lowest BCUT2D eigenvalue weighted by molar-refractivity contribution is 0.0991. The predicted octanol–water partition coefficient (Wildman–Crippen LogP) is 3.18. The highest BCUT2D eigenvalue weighted by molar-refractivity contribution is 7.12. The van der Waals surface area contributed by atoms with E-state index in [1.165, 1.54) is 18.3 Å². The average Bonchev–Trinajstić information content (AvgIpc) is 2.81. The van der Waals surface area contributed by atoms with E-state index in [0.29, 0.717) is 16.0 Å². The molecule has 1 heterocycles. The van der Waals surface area contributed by atoms with Gasteiger partial charge in [-0.05, 0) is 18.4 Å². The molecule has 0 fully saturated rings. The molecule has 0 unspecified atom stereocenters. The van der Waals surface area contributed by atoms with Gasteiger partial charge in [-0.2, -0.15) is 0 Å². The third-order valence-electron chi connectivity index (χ3n) is 2.30. The monoisotopic (exact) mass is 230 g/mol. The summed E-state index contributed by atoms with van der Waals surface area (Å²) in [6.07, 6.45) is 0. The molecule has 16 heavy (non-hydrogen) atoms. The van der Waals surface area contributed by atoms with Crippen LogP contribution in [0.2, 0.25) is 0 Å². The molecule has 0 N–H and O–H groups in total. The maximum absolute atomic E-state index is 12.1. The Kier molecular flexibility index (Phi) is 2.97. The van der Waals surface area contributed by atoms with Gasteiger partial charge in [-0.1, -0.05) is 30.3 Å². The first-order valence-corrected chi connectivity index (χ1v) is 5.76. The molecule has 0 aliphatic carbocycles. The van der Waals surface area contributed by atoms with Crippen molar-refractivity contribution in [3.05, 3.63) is 57.8 Å². The Morgan fingerprint density at radius 2 is 1.69 bits per heavy atom. The molecule has 80 valence electrons. The third-order valence-corrected chi connectivity index (χ3v) is 3.16. The first-order valence-electron chi connectivity index (χ1n) is 4.88. The summed E-state index contributed by atoms with van der Waals surface area (Å²) in [6, 6.07) is 10.5. The number of rotatable bonds is 3. The molecule has 0 aliphatic heterocycles. The summed E-state index contributed by atoms with van der Waals surface area (Å²) in [5.41, 5.74) is 0.971. The molecule has 0 aliphatic rings. The number of benzene rings is 1. The van der Waals surface area contributed by atoms with Crippen LogP contribution in [0.5, 0.6) is 0 Å². The van der Waals surface area contributed by atoms with Crippen molar-refractivity contribution in [2.24, 2.45) is 0 Å². The fourth-order valence-electron chi connectivity index (χ4n) is 1.53. The predicted molar refractivity (Wildman–Crippen MR) is 64.2 cm³/mol. The normalized spacial score (nSPS) is 10.1. The van der Waals surface area contributed by atoms with Crippen LogP contribution in [0, 0.1) is 0 Å². The Labute approximate surface area is 97.5 Å². The fourth-order valence-corrected chi connectivity index (χ4v) is 2.21. The van der Waals surface area contributed by atoms with Gasteiger partial charge in [0.15, 0.2) is 5.78 Å². The van der Waals surface area contributed by atoms with Gasteiger partial charge in [-0.15, -0.1) is 11.3 Å². The molecule has 0 amide bonds. The minimum Gasteiger partial charge on any atom is -0.294 e. The van der Waals surface area contributed by atoms with Gasteiger partial charge in [0.1, 0.15) is 0 Å². The molecule has 0 bridgehead atoms. The number of ketones is 2. The Morgan fingerprint density at radius 1 is 1.00 bits per heavy atom. The molecule has 0 atom stereocenters. The van der Waals surface area contributed by atoms with E-state index in [-0.39, 0.29) is 11.6 Å². The lowest BCUT2D eigenvalue weighted by atomic mass is 10.0. The third kappa shape index (κ3) is 1.95. The second-order valence-electron chi connectivity index (χ2n) is 3.41. The zero-order valence-electron chi connectivity index (χ0n) is 8.77. The van der Waals surface area contributed by atoms with Crippen molar-refractivity contribution < 1.29 is 9.59 Å². The second kappa shape index (κ2) is 4.41. The number of thiophene rings is 1. The van der Waals surface area contributed by atoms with Crippen LogP contribution in [0.1, 0.15) is 32.5 Å². The standard InChI is InChI=1S/C13H10O2S/c1-9(14)10-5-2-3-6-11(10)13(15)12-7-4-8-16-12/h2-8H,1H3. The van der Waals surface area contributed by atoms with Crippen LogP contribution in [0.15, 0.2) is 41.8 Å². The van der Waals surface area contributed by atoms with Crippen LogP contribution in [0.25, 0.3) is 0 Å². The van der Waals surface area contributed by atoms with Crippen LogP contribution in [-0.2, 0) is 0 Å². The van der Waals surface area contributed by atoms with Crippen LogP contribution >= 0.6 is 11.3 Å². The molecule has 0 radical (unpaired) electrons. The molecular weight excluding hydrogens is 220 g/mol. The second-order valence-corrected chi connectivity index (χ2v) is 4.36. The van der Waals surface area contributed by atoms with Crippen molar-refractivity contribution in [1.29, 1.82) is 0 Å².